The van der Waals surface area contributed by atoms with Gasteiger partial charge in [-0.15, -0.1) is 0 Å². The average molecular weight is 410 g/mol. The van der Waals surface area contributed by atoms with E-state index in [0.29, 0.717) is 29.5 Å². The molecule has 1 aromatic carbocycles. The highest BCUT2D eigenvalue weighted by Gasteiger charge is 2.28. The number of likely N-dealkylation sites (N-methyl/N-ethyl adjacent to an activating group) is 1. The van der Waals surface area contributed by atoms with Crippen LogP contribution in [0.3, 0.4) is 0 Å². The zero-order valence-electron chi connectivity index (χ0n) is 17.2. The van der Waals surface area contributed by atoms with E-state index in [4.69, 9.17) is 16.3 Å². The maximum Gasteiger partial charge on any atom is 0.260 e. The van der Waals surface area contributed by atoms with Crippen LogP contribution in [0.2, 0.25) is 5.02 Å². The van der Waals surface area contributed by atoms with Crippen molar-refractivity contribution < 1.29 is 14.3 Å². The second kappa shape index (κ2) is 11.3. The van der Waals surface area contributed by atoms with Crippen molar-refractivity contribution in [3.63, 3.8) is 0 Å². The molecule has 7 heteroatoms. The standard InChI is InChI=1S/C21H32ClN3O3/c1-4-12-25-13-8-7-9-18(25)21(27)23-16-10-11-19(17(22)14-16)28-15-20(26)24(5-2)6-3/h10-11,14,18H,4-9,12-13,15H2,1-3H3,(H,23,27). The van der Waals surface area contributed by atoms with Crippen molar-refractivity contribution in [2.24, 2.45) is 0 Å². The summed E-state index contributed by atoms with van der Waals surface area (Å²) in [5.74, 6) is 0.367. The van der Waals surface area contributed by atoms with Gasteiger partial charge in [-0.25, -0.2) is 0 Å². The summed E-state index contributed by atoms with van der Waals surface area (Å²) >= 11 is 6.30. The van der Waals surface area contributed by atoms with Crippen LogP contribution in [0.4, 0.5) is 5.69 Å². The molecule has 0 aromatic heterocycles. The first-order chi connectivity index (χ1) is 13.5. The topological polar surface area (TPSA) is 61.9 Å². The van der Waals surface area contributed by atoms with Crippen LogP contribution >= 0.6 is 11.6 Å². The molecular formula is C21H32ClN3O3. The monoisotopic (exact) mass is 409 g/mol. The number of likely N-dealkylation sites (tertiary alicyclic amines) is 1. The lowest BCUT2D eigenvalue weighted by atomic mass is 10.0. The predicted octanol–water partition coefficient (Wildman–Crippen LogP) is 3.79. The number of halogens is 1. The van der Waals surface area contributed by atoms with Crippen LogP contribution in [0.15, 0.2) is 18.2 Å². The van der Waals surface area contributed by atoms with Gasteiger partial charge in [-0.2, -0.15) is 0 Å². The number of carbonyl (C=O) groups excluding carboxylic acids is 2. The fourth-order valence-electron chi connectivity index (χ4n) is 3.57. The molecule has 1 atom stereocenters. The van der Waals surface area contributed by atoms with Crippen LogP contribution in [-0.2, 0) is 9.59 Å². The third kappa shape index (κ3) is 6.11. The van der Waals surface area contributed by atoms with Gasteiger partial charge in [0.1, 0.15) is 5.75 Å². The van der Waals surface area contributed by atoms with Crippen LogP contribution in [0.1, 0.15) is 46.5 Å². The van der Waals surface area contributed by atoms with Crippen LogP contribution in [0.25, 0.3) is 0 Å². The van der Waals surface area contributed by atoms with Crippen molar-refractivity contribution in [1.29, 1.82) is 0 Å². The number of amides is 2. The third-order valence-corrected chi connectivity index (χ3v) is 5.39. The molecule has 1 unspecified atom stereocenters. The number of anilines is 1. The highest BCUT2D eigenvalue weighted by Crippen LogP contribution is 2.28. The Bertz CT molecular complexity index is 662. The summed E-state index contributed by atoms with van der Waals surface area (Å²) in [5.41, 5.74) is 0.638. The van der Waals surface area contributed by atoms with E-state index in [1.807, 2.05) is 13.8 Å². The van der Waals surface area contributed by atoms with E-state index >= 15 is 0 Å². The average Bonchev–Trinajstić information content (AvgIpc) is 2.69. The van der Waals surface area contributed by atoms with E-state index in [0.717, 1.165) is 38.8 Å². The van der Waals surface area contributed by atoms with Gasteiger partial charge < -0.3 is 15.0 Å². The summed E-state index contributed by atoms with van der Waals surface area (Å²) in [6, 6.07) is 5.03. The van der Waals surface area contributed by atoms with Crippen molar-refractivity contribution in [2.45, 2.75) is 52.5 Å². The van der Waals surface area contributed by atoms with Gasteiger partial charge in [0.2, 0.25) is 5.91 Å². The SMILES string of the molecule is CCCN1CCCCC1C(=O)Nc1ccc(OCC(=O)N(CC)CC)c(Cl)c1. The first kappa shape index (κ1) is 22.5. The third-order valence-electron chi connectivity index (χ3n) is 5.09. The number of carbonyl (C=O) groups is 2. The van der Waals surface area contributed by atoms with Gasteiger partial charge in [-0.1, -0.05) is 24.9 Å². The number of hydrogen-bond donors (Lipinski definition) is 1. The molecule has 156 valence electrons. The Labute approximate surface area is 173 Å². The van der Waals surface area contributed by atoms with Crippen LogP contribution in [0, 0.1) is 0 Å². The first-order valence-corrected chi connectivity index (χ1v) is 10.6. The quantitative estimate of drug-likeness (QED) is 0.674. The Morgan fingerprint density at radius 3 is 2.64 bits per heavy atom. The number of nitrogens with zero attached hydrogens (tertiary/aromatic N) is 2. The van der Waals surface area contributed by atoms with Gasteiger partial charge >= 0.3 is 0 Å². The second-order valence-corrected chi connectivity index (χ2v) is 7.44. The van der Waals surface area contributed by atoms with Gasteiger partial charge in [0.05, 0.1) is 11.1 Å². The van der Waals surface area contributed by atoms with Crippen molar-refractivity contribution >= 4 is 29.1 Å². The molecule has 2 amide bonds. The molecule has 1 aliphatic heterocycles. The lowest BCUT2D eigenvalue weighted by molar-refractivity contribution is -0.133. The largest absolute Gasteiger partial charge is 0.482 e. The van der Waals surface area contributed by atoms with E-state index in [1.54, 1.807) is 23.1 Å². The maximum atomic E-state index is 12.7. The number of ether oxygens (including phenoxy) is 1. The van der Waals surface area contributed by atoms with E-state index in [-0.39, 0.29) is 24.5 Å². The van der Waals surface area contributed by atoms with Crippen LogP contribution < -0.4 is 10.1 Å². The van der Waals surface area contributed by atoms with E-state index in [9.17, 15) is 9.59 Å². The summed E-state index contributed by atoms with van der Waals surface area (Å²) in [5, 5.41) is 3.35. The number of benzene rings is 1. The molecule has 0 radical (unpaired) electrons. The highest BCUT2D eigenvalue weighted by atomic mass is 35.5. The van der Waals surface area contributed by atoms with Crippen LogP contribution in [-0.4, -0.2) is 60.4 Å². The molecule has 1 heterocycles. The first-order valence-electron chi connectivity index (χ1n) is 10.2. The summed E-state index contributed by atoms with van der Waals surface area (Å²) < 4.78 is 5.56. The molecule has 6 nitrogen and oxygen atoms in total. The zero-order chi connectivity index (χ0) is 20.5. The molecule has 28 heavy (non-hydrogen) atoms. The Morgan fingerprint density at radius 2 is 2.00 bits per heavy atom. The van der Waals surface area contributed by atoms with Crippen molar-refractivity contribution in [3.05, 3.63) is 23.2 Å². The maximum absolute atomic E-state index is 12.7. The normalized spacial score (nSPS) is 17.2. The van der Waals surface area contributed by atoms with Gasteiger partial charge in [0.25, 0.3) is 5.91 Å². The smallest absolute Gasteiger partial charge is 0.260 e. The number of nitrogens with one attached hydrogen (secondary N) is 1. The van der Waals surface area contributed by atoms with Gasteiger partial charge in [0.15, 0.2) is 6.61 Å². The Morgan fingerprint density at radius 1 is 1.25 bits per heavy atom. The number of piperidine rings is 1. The molecule has 0 bridgehead atoms. The second-order valence-electron chi connectivity index (χ2n) is 7.04. The Kier molecular flexibility index (Phi) is 9.06. The van der Waals surface area contributed by atoms with Crippen molar-refractivity contribution in [3.8, 4) is 5.75 Å². The molecule has 1 fully saturated rings. The van der Waals surface area contributed by atoms with E-state index < -0.39 is 0 Å². The molecule has 0 aliphatic carbocycles. The molecule has 0 spiro atoms. The van der Waals surface area contributed by atoms with E-state index in [1.165, 1.54) is 0 Å². The summed E-state index contributed by atoms with van der Waals surface area (Å²) in [7, 11) is 0. The molecule has 1 aliphatic rings. The lowest BCUT2D eigenvalue weighted by Crippen LogP contribution is -2.47. The summed E-state index contributed by atoms with van der Waals surface area (Å²) in [6.45, 7) is 9.14. The minimum Gasteiger partial charge on any atom is -0.482 e. The Balaban J connectivity index is 1.96. The molecule has 1 saturated heterocycles. The highest BCUT2D eigenvalue weighted by molar-refractivity contribution is 6.32. The summed E-state index contributed by atoms with van der Waals surface area (Å²) in [4.78, 5) is 28.7. The zero-order valence-corrected chi connectivity index (χ0v) is 17.9. The lowest BCUT2D eigenvalue weighted by Gasteiger charge is -2.34. The van der Waals surface area contributed by atoms with Crippen LogP contribution in [0.5, 0.6) is 5.75 Å². The fourth-order valence-corrected chi connectivity index (χ4v) is 3.81. The minimum absolute atomic E-state index is 0.00889. The number of hydrogen-bond acceptors (Lipinski definition) is 4. The minimum atomic E-state index is -0.0879. The molecule has 1 aromatic rings. The van der Waals surface area contributed by atoms with Gasteiger partial charge in [0, 0.05) is 18.8 Å². The fraction of sp³-hybridized carbons (Fsp3) is 0.619. The predicted molar refractivity (Wildman–Crippen MR) is 113 cm³/mol. The number of rotatable bonds is 9. The van der Waals surface area contributed by atoms with E-state index in [2.05, 4.69) is 17.1 Å². The van der Waals surface area contributed by atoms with Crippen molar-refractivity contribution in [1.82, 2.24) is 9.80 Å². The summed E-state index contributed by atoms with van der Waals surface area (Å²) in [6.07, 6.45) is 4.14. The van der Waals surface area contributed by atoms with Gasteiger partial charge in [-0.3, -0.25) is 14.5 Å². The molecular weight excluding hydrogens is 378 g/mol. The van der Waals surface area contributed by atoms with Crippen molar-refractivity contribution in [2.75, 3.05) is 38.1 Å². The Hall–Kier alpha value is -1.79. The molecule has 2 rings (SSSR count). The molecule has 0 saturated carbocycles. The van der Waals surface area contributed by atoms with Gasteiger partial charge in [-0.05, 0) is 64.4 Å². The molecule has 1 N–H and O–H groups in total.